The van der Waals surface area contributed by atoms with Crippen molar-refractivity contribution >= 4 is 29.9 Å². The minimum Gasteiger partial charge on any atom is -0.378 e. The van der Waals surface area contributed by atoms with Crippen LogP contribution in [0.2, 0.25) is 0 Å². The van der Waals surface area contributed by atoms with Gasteiger partial charge in [0, 0.05) is 32.3 Å². The van der Waals surface area contributed by atoms with Crippen LogP contribution in [0.5, 0.6) is 0 Å². The Hall–Kier alpha value is -0.0800. The number of rotatable bonds is 8. The van der Waals surface area contributed by atoms with Gasteiger partial charge < -0.3 is 20.3 Å². The number of hydrogen-bond acceptors (Lipinski definition) is 3. The van der Waals surface area contributed by atoms with Crippen LogP contribution in [0.25, 0.3) is 0 Å². The van der Waals surface area contributed by atoms with E-state index in [1.54, 1.807) is 0 Å². The SMILES string of the molecule is CN=C(NCCCOC1CCCCC1)NCC(C)(C)N(C)C.I. The van der Waals surface area contributed by atoms with Crippen LogP contribution in [0, 0.1) is 0 Å². The molecule has 2 N–H and O–H groups in total. The predicted octanol–water partition coefficient (Wildman–Crippen LogP) is 2.85. The molecule has 0 radical (unpaired) electrons. The molecule has 0 aromatic carbocycles. The summed E-state index contributed by atoms with van der Waals surface area (Å²) in [7, 11) is 6.01. The van der Waals surface area contributed by atoms with E-state index >= 15 is 0 Å². The zero-order valence-corrected chi connectivity index (χ0v) is 18.0. The molecule has 138 valence electrons. The minimum atomic E-state index is 0. The maximum atomic E-state index is 5.94. The molecule has 0 aliphatic heterocycles. The lowest BCUT2D eigenvalue weighted by Gasteiger charge is -2.33. The van der Waals surface area contributed by atoms with Gasteiger partial charge >= 0.3 is 0 Å². The molecule has 1 fully saturated rings. The summed E-state index contributed by atoms with van der Waals surface area (Å²) in [5.74, 6) is 0.868. The second-order valence-corrected chi connectivity index (χ2v) is 7.04. The van der Waals surface area contributed by atoms with E-state index in [0.29, 0.717) is 6.10 Å². The van der Waals surface area contributed by atoms with Gasteiger partial charge in [-0.05, 0) is 47.2 Å². The molecule has 0 aromatic heterocycles. The Morgan fingerprint density at radius 2 is 1.83 bits per heavy atom. The lowest BCUT2D eigenvalue weighted by Crippen LogP contribution is -2.51. The van der Waals surface area contributed by atoms with Crippen molar-refractivity contribution in [1.82, 2.24) is 15.5 Å². The normalized spacial score (nSPS) is 17.0. The smallest absolute Gasteiger partial charge is 0.191 e. The second-order valence-electron chi connectivity index (χ2n) is 7.04. The van der Waals surface area contributed by atoms with Crippen LogP contribution in [0.4, 0.5) is 0 Å². The summed E-state index contributed by atoms with van der Waals surface area (Å²) in [6.07, 6.45) is 8.07. The Kier molecular flexibility index (Phi) is 12.3. The van der Waals surface area contributed by atoms with Gasteiger partial charge in [0.1, 0.15) is 0 Å². The van der Waals surface area contributed by atoms with Crippen molar-refractivity contribution < 1.29 is 4.74 Å². The predicted molar refractivity (Wildman–Crippen MR) is 110 cm³/mol. The third-order valence-electron chi connectivity index (χ3n) is 4.64. The summed E-state index contributed by atoms with van der Waals surface area (Å²) >= 11 is 0. The molecule has 1 aliphatic rings. The molecule has 0 amide bonds. The maximum Gasteiger partial charge on any atom is 0.191 e. The summed E-state index contributed by atoms with van der Waals surface area (Å²) < 4.78 is 5.94. The van der Waals surface area contributed by atoms with Crippen molar-refractivity contribution in [3.8, 4) is 0 Å². The van der Waals surface area contributed by atoms with Crippen LogP contribution in [-0.2, 0) is 4.74 Å². The first-order chi connectivity index (χ1) is 10.5. The maximum absolute atomic E-state index is 5.94. The molecule has 1 saturated carbocycles. The van der Waals surface area contributed by atoms with E-state index in [1.165, 1.54) is 32.1 Å². The Balaban J connectivity index is 0.00000484. The fourth-order valence-corrected chi connectivity index (χ4v) is 2.44. The summed E-state index contributed by atoms with van der Waals surface area (Å²) in [5.41, 5.74) is 0.0989. The molecule has 0 bridgehead atoms. The van der Waals surface area contributed by atoms with Gasteiger partial charge in [0.05, 0.1) is 6.10 Å². The Morgan fingerprint density at radius 3 is 2.39 bits per heavy atom. The van der Waals surface area contributed by atoms with E-state index in [2.05, 4.69) is 48.5 Å². The number of nitrogens with one attached hydrogen (secondary N) is 2. The van der Waals surface area contributed by atoms with Crippen LogP contribution >= 0.6 is 24.0 Å². The fourth-order valence-electron chi connectivity index (χ4n) is 2.44. The quantitative estimate of drug-likeness (QED) is 0.264. The highest BCUT2D eigenvalue weighted by molar-refractivity contribution is 14.0. The highest BCUT2D eigenvalue weighted by Crippen LogP contribution is 2.20. The van der Waals surface area contributed by atoms with Crippen LogP contribution < -0.4 is 10.6 Å². The summed E-state index contributed by atoms with van der Waals surface area (Å²) in [4.78, 5) is 6.49. The molecular weight excluding hydrogens is 403 g/mol. The van der Waals surface area contributed by atoms with E-state index in [1.807, 2.05) is 7.05 Å². The van der Waals surface area contributed by atoms with Gasteiger partial charge in [-0.1, -0.05) is 19.3 Å². The molecule has 0 aromatic rings. The van der Waals surface area contributed by atoms with Crippen molar-refractivity contribution in [2.45, 2.75) is 64.0 Å². The van der Waals surface area contributed by atoms with E-state index < -0.39 is 0 Å². The highest BCUT2D eigenvalue weighted by atomic mass is 127. The number of nitrogens with zero attached hydrogens (tertiary/aromatic N) is 2. The Bertz CT molecular complexity index is 329. The van der Waals surface area contributed by atoms with Crippen molar-refractivity contribution in [2.75, 3.05) is 40.8 Å². The van der Waals surface area contributed by atoms with Gasteiger partial charge in [-0.2, -0.15) is 0 Å². The third-order valence-corrected chi connectivity index (χ3v) is 4.64. The molecular formula is C17H37IN4O. The van der Waals surface area contributed by atoms with E-state index in [9.17, 15) is 0 Å². The van der Waals surface area contributed by atoms with Gasteiger partial charge in [0.15, 0.2) is 5.96 Å². The number of halogens is 1. The summed E-state index contributed by atoms with van der Waals surface area (Å²) in [6.45, 7) is 7.03. The number of guanidine groups is 1. The van der Waals surface area contributed by atoms with E-state index in [-0.39, 0.29) is 29.5 Å². The lowest BCUT2D eigenvalue weighted by atomic mass is 9.98. The minimum absolute atomic E-state index is 0. The molecule has 0 unspecified atom stereocenters. The number of likely N-dealkylation sites (N-methyl/N-ethyl adjacent to an activating group) is 1. The molecule has 1 aliphatic carbocycles. The second kappa shape index (κ2) is 12.3. The largest absolute Gasteiger partial charge is 0.378 e. The molecule has 1 rings (SSSR count). The number of hydrogen-bond donors (Lipinski definition) is 2. The standard InChI is InChI=1S/C17H36N4O.HI/c1-17(2,21(4)5)14-20-16(18-3)19-12-9-13-22-15-10-7-6-8-11-15;/h15H,6-14H2,1-5H3,(H2,18,19,20);1H. The average Bonchev–Trinajstić information content (AvgIpc) is 2.50. The molecule has 0 saturated heterocycles. The van der Waals surface area contributed by atoms with Gasteiger partial charge in [-0.3, -0.25) is 4.99 Å². The van der Waals surface area contributed by atoms with Crippen LogP contribution in [-0.4, -0.2) is 63.3 Å². The molecule has 6 heteroatoms. The molecule has 0 spiro atoms. The van der Waals surface area contributed by atoms with Crippen molar-refractivity contribution in [2.24, 2.45) is 4.99 Å². The molecule has 23 heavy (non-hydrogen) atoms. The molecule has 0 heterocycles. The fraction of sp³-hybridized carbons (Fsp3) is 0.941. The Morgan fingerprint density at radius 1 is 1.17 bits per heavy atom. The zero-order chi connectivity index (χ0) is 16.4. The molecule has 0 atom stereocenters. The summed E-state index contributed by atoms with van der Waals surface area (Å²) in [5, 5.41) is 6.75. The van der Waals surface area contributed by atoms with E-state index in [0.717, 1.165) is 32.1 Å². The first-order valence-corrected chi connectivity index (χ1v) is 8.69. The van der Waals surface area contributed by atoms with Gasteiger partial charge in [-0.15, -0.1) is 24.0 Å². The van der Waals surface area contributed by atoms with E-state index in [4.69, 9.17) is 4.74 Å². The lowest BCUT2D eigenvalue weighted by molar-refractivity contribution is 0.0277. The van der Waals surface area contributed by atoms with Crippen molar-refractivity contribution in [3.05, 3.63) is 0 Å². The van der Waals surface area contributed by atoms with Crippen molar-refractivity contribution in [1.29, 1.82) is 0 Å². The zero-order valence-electron chi connectivity index (χ0n) is 15.7. The first kappa shape index (κ1) is 22.9. The monoisotopic (exact) mass is 440 g/mol. The number of ether oxygens (including phenoxy) is 1. The average molecular weight is 440 g/mol. The van der Waals surface area contributed by atoms with Crippen LogP contribution in [0.3, 0.4) is 0 Å². The summed E-state index contributed by atoms with van der Waals surface area (Å²) in [6, 6.07) is 0. The van der Waals surface area contributed by atoms with Gasteiger partial charge in [-0.25, -0.2) is 0 Å². The first-order valence-electron chi connectivity index (χ1n) is 8.69. The Labute approximate surface area is 160 Å². The third kappa shape index (κ3) is 9.72. The van der Waals surface area contributed by atoms with Crippen LogP contribution in [0.15, 0.2) is 4.99 Å². The van der Waals surface area contributed by atoms with Gasteiger partial charge in [0.25, 0.3) is 0 Å². The topological polar surface area (TPSA) is 48.9 Å². The highest BCUT2D eigenvalue weighted by Gasteiger charge is 2.20. The van der Waals surface area contributed by atoms with Crippen molar-refractivity contribution in [3.63, 3.8) is 0 Å². The van der Waals surface area contributed by atoms with Gasteiger partial charge in [0.2, 0.25) is 0 Å². The molecule has 5 nitrogen and oxygen atoms in total. The van der Waals surface area contributed by atoms with Crippen LogP contribution in [0.1, 0.15) is 52.4 Å². The number of aliphatic imine (C=N–C) groups is 1.